The molecule has 1 atom stereocenters. The summed E-state index contributed by atoms with van der Waals surface area (Å²) in [6.07, 6.45) is 1.04. The molecule has 2 amide bonds. The normalized spacial score (nSPS) is 14.2. The minimum Gasteiger partial charge on any atom is -0.484 e. The summed E-state index contributed by atoms with van der Waals surface area (Å²) in [6, 6.07) is 8.24. The molecule has 0 fully saturated rings. The zero-order chi connectivity index (χ0) is 31.1. The summed E-state index contributed by atoms with van der Waals surface area (Å²) in [5, 5.41) is 5.67. The molecule has 2 aromatic carbocycles. The molecule has 1 aromatic heterocycles. The van der Waals surface area contributed by atoms with Crippen LogP contribution in [-0.4, -0.2) is 78.8 Å². The highest BCUT2D eigenvalue weighted by molar-refractivity contribution is 6.07. The van der Waals surface area contributed by atoms with Gasteiger partial charge in [-0.05, 0) is 69.5 Å². The number of benzene rings is 2. The Morgan fingerprint density at radius 1 is 1.02 bits per heavy atom. The number of methoxy groups -OCH3 is 1. The lowest BCUT2D eigenvalue weighted by molar-refractivity contribution is 0.0924. The lowest BCUT2D eigenvalue weighted by atomic mass is 10.0. The molecule has 0 unspecified atom stereocenters. The maximum atomic E-state index is 14.7. The van der Waals surface area contributed by atoms with Gasteiger partial charge in [0.15, 0.2) is 0 Å². The number of nitrogens with one attached hydrogen (secondary N) is 2. The largest absolute Gasteiger partial charge is 0.484 e. The van der Waals surface area contributed by atoms with Crippen molar-refractivity contribution in [1.82, 2.24) is 20.2 Å². The van der Waals surface area contributed by atoms with Crippen molar-refractivity contribution in [3.05, 3.63) is 81.6 Å². The molecule has 3 aromatic rings. The first-order valence-electron chi connectivity index (χ1n) is 14.2. The molecule has 0 saturated heterocycles. The summed E-state index contributed by atoms with van der Waals surface area (Å²) in [4.78, 5) is 42.0. The molecule has 1 aliphatic heterocycles. The van der Waals surface area contributed by atoms with E-state index >= 15 is 0 Å². The fourth-order valence-electron chi connectivity index (χ4n) is 4.79. The summed E-state index contributed by atoms with van der Waals surface area (Å²) < 4.78 is 26.4. The van der Waals surface area contributed by atoms with Gasteiger partial charge < -0.3 is 20.1 Å². The highest BCUT2D eigenvalue weighted by Crippen LogP contribution is 2.31. The van der Waals surface area contributed by atoms with Gasteiger partial charge >= 0.3 is 0 Å². The Labute approximate surface area is 251 Å². The summed E-state index contributed by atoms with van der Waals surface area (Å²) >= 11 is 0. The first-order valence-corrected chi connectivity index (χ1v) is 14.2. The van der Waals surface area contributed by atoms with E-state index in [2.05, 4.69) is 30.5 Å². The van der Waals surface area contributed by atoms with Crippen molar-refractivity contribution in [2.75, 3.05) is 51.8 Å². The zero-order valence-electron chi connectivity index (χ0n) is 25.6. The Bertz CT molecular complexity index is 1530. The molecule has 0 radical (unpaired) electrons. The smallest absolute Gasteiger partial charge is 0.257 e. The molecule has 0 saturated carbocycles. The zero-order valence-corrected chi connectivity index (χ0v) is 25.6. The lowest BCUT2D eigenvalue weighted by Crippen LogP contribution is -2.39. The number of nitrogens with zero attached hydrogens (tertiary/aromatic N) is 4. The average molecular weight is 591 g/mol. The number of hydrogen-bond acceptors (Lipinski definition) is 8. The molecule has 1 aliphatic rings. The van der Waals surface area contributed by atoms with E-state index in [0.29, 0.717) is 65.7 Å². The van der Waals surface area contributed by atoms with Crippen LogP contribution < -0.4 is 15.4 Å². The van der Waals surface area contributed by atoms with Crippen molar-refractivity contribution in [2.24, 2.45) is 4.99 Å². The van der Waals surface area contributed by atoms with Crippen LogP contribution >= 0.6 is 0 Å². The van der Waals surface area contributed by atoms with Gasteiger partial charge in [0, 0.05) is 56.3 Å². The molecule has 2 N–H and O–H groups in total. The van der Waals surface area contributed by atoms with Gasteiger partial charge in [-0.1, -0.05) is 12.1 Å². The first-order chi connectivity index (χ1) is 20.5. The number of rotatable bonds is 11. The number of carbonyl (C=O) groups excluding carboxylic acids is 2. The number of anilines is 1. The second kappa shape index (κ2) is 14.3. The van der Waals surface area contributed by atoms with Crippen LogP contribution in [0.15, 0.2) is 41.5 Å². The van der Waals surface area contributed by atoms with Crippen molar-refractivity contribution < 1.29 is 23.5 Å². The maximum absolute atomic E-state index is 14.7. The Kier molecular flexibility index (Phi) is 10.5. The van der Waals surface area contributed by atoms with Crippen LogP contribution in [0.25, 0.3) is 0 Å². The van der Waals surface area contributed by atoms with Crippen molar-refractivity contribution in [1.29, 1.82) is 0 Å². The number of ether oxygens (including phenoxy) is 2. The summed E-state index contributed by atoms with van der Waals surface area (Å²) in [7, 11) is 1.55. The highest BCUT2D eigenvalue weighted by atomic mass is 19.1. The van der Waals surface area contributed by atoms with Crippen molar-refractivity contribution in [3.63, 3.8) is 0 Å². The Morgan fingerprint density at radius 2 is 1.81 bits per heavy atom. The fourth-order valence-corrected chi connectivity index (χ4v) is 4.79. The Hall–Kier alpha value is -4.22. The molecule has 43 heavy (non-hydrogen) atoms. The number of aryl methyl sites for hydroxylation is 4. The van der Waals surface area contributed by atoms with Crippen LogP contribution in [0, 0.1) is 33.5 Å². The Morgan fingerprint density at radius 3 is 2.53 bits per heavy atom. The van der Waals surface area contributed by atoms with Crippen LogP contribution in [0.5, 0.6) is 5.75 Å². The van der Waals surface area contributed by atoms with Crippen LogP contribution in [0.3, 0.4) is 0 Å². The molecule has 0 bridgehead atoms. The number of carbonyl (C=O) groups is 2. The molecule has 228 valence electrons. The van der Waals surface area contributed by atoms with Gasteiger partial charge in [0.2, 0.25) is 0 Å². The van der Waals surface area contributed by atoms with Gasteiger partial charge in [-0.15, -0.1) is 0 Å². The summed E-state index contributed by atoms with van der Waals surface area (Å²) in [5.74, 6) is 0.0183. The van der Waals surface area contributed by atoms with E-state index in [9.17, 15) is 14.0 Å². The van der Waals surface area contributed by atoms with Crippen molar-refractivity contribution >= 4 is 23.3 Å². The van der Waals surface area contributed by atoms with E-state index in [1.807, 2.05) is 13.0 Å². The van der Waals surface area contributed by atoms with E-state index in [1.165, 1.54) is 12.1 Å². The van der Waals surface area contributed by atoms with E-state index in [4.69, 9.17) is 9.47 Å². The third-order valence-electron chi connectivity index (χ3n) is 7.24. The first kappa shape index (κ1) is 31.7. The summed E-state index contributed by atoms with van der Waals surface area (Å²) in [5.41, 5.74) is 3.96. The minimum atomic E-state index is -0.600. The van der Waals surface area contributed by atoms with Gasteiger partial charge in [-0.2, -0.15) is 0 Å². The van der Waals surface area contributed by atoms with Gasteiger partial charge in [-0.25, -0.2) is 14.4 Å². The molecular weight excluding hydrogens is 551 g/mol. The second-order valence-corrected chi connectivity index (χ2v) is 10.8. The molecule has 2 heterocycles. The SMILES string of the molecule is COCCNC(=O)c1cc(C(=O)Nc2nc(C)ncc2C)c(C)cc1O[C@H](CN1CCN=C(C)C1)c1ccc(C)c(F)c1. The molecule has 0 aliphatic carbocycles. The molecule has 0 spiro atoms. The number of amides is 2. The number of aliphatic imine (C=N–C) groups is 1. The monoisotopic (exact) mass is 590 g/mol. The fraction of sp³-hybridized carbons (Fsp3) is 0.406. The van der Waals surface area contributed by atoms with Crippen LogP contribution in [0.1, 0.15) is 61.8 Å². The van der Waals surface area contributed by atoms with Gasteiger partial charge in [-0.3, -0.25) is 19.5 Å². The topological polar surface area (TPSA) is 118 Å². The predicted molar refractivity (Wildman–Crippen MR) is 164 cm³/mol. The van der Waals surface area contributed by atoms with Crippen LogP contribution in [-0.2, 0) is 4.74 Å². The van der Waals surface area contributed by atoms with Crippen LogP contribution in [0.4, 0.5) is 10.2 Å². The molecular formula is C32H39FN6O4. The minimum absolute atomic E-state index is 0.177. The summed E-state index contributed by atoms with van der Waals surface area (Å²) in [6.45, 7) is 12.1. The molecule has 4 rings (SSSR count). The van der Waals surface area contributed by atoms with Gasteiger partial charge in [0.25, 0.3) is 11.8 Å². The van der Waals surface area contributed by atoms with Crippen LogP contribution in [0.2, 0.25) is 0 Å². The quantitative estimate of drug-likeness (QED) is 0.319. The highest BCUT2D eigenvalue weighted by Gasteiger charge is 2.25. The van der Waals surface area contributed by atoms with E-state index < -0.39 is 17.9 Å². The number of hydrogen-bond donors (Lipinski definition) is 2. The standard InChI is InChI=1S/C32H39FN6O4/c1-19-7-8-24(14-27(19)33)29(18-39-11-9-34-22(4)17-39)43-28-13-20(2)25(15-26(28)31(40)35-10-12-42-6)32(41)38-30-21(3)16-36-23(5)37-30/h7-8,13-16,29H,9-12,17-18H2,1-6H3,(H,35,40)(H,36,37,38,41)/t29-/m1/s1. The van der Waals surface area contributed by atoms with Gasteiger partial charge in [0.05, 0.1) is 18.7 Å². The van der Waals surface area contributed by atoms with Crippen molar-refractivity contribution in [2.45, 2.75) is 40.7 Å². The molecule has 11 heteroatoms. The average Bonchev–Trinajstić information content (AvgIpc) is 2.96. The van der Waals surface area contributed by atoms with Gasteiger partial charge in [0.1, 0.15) is 29.3 Å². The van der Waals surface area contributed by atoms with E-state index in [-0.39, 0.29) is 23.7 Å². The third kappa shape index (κ3) is 8.20. The van der Waals surface area contributed by atoms with E-state index in [1.54, 1.807) is 53.1 Å². The third-order valence-corrected chi connectivity index (χ3v) is 7.24. The van der Waals surface area contributed by atoms with Crippen molar-refractivity contribution in [3.8, 4) is 5.75 Å². The predicted octanol–water partition coefficient (Wildman–Crippen LogP) is 4.37. The lowest BCUT2D eigenvalue weighted by Gasteiger charge is -2.30. The second-order valence-electron chi connectivity index (χ2n) is 10.8. The number of aromatic nitrogens is 2. The Balaban J connectivity index is 1.72. The van der Waals surface area contributed by atoms with E-state index in [0.717, 1.165) is 12.3 Å². The number of halogens is 1. The maximum Gasteiger partial charge on any atom is 0.257 e. The molecule has 10 nitrogen and oxygen atoms in total.